The van der Waals surface area contributed by atoms with Crippen LogP contribution in [0.3, 0.4) is 0 Å². The van der Waals surface area contributed by atoms with Crippen LogP contribution in [0.5, 0.6) is 0 Å². The highest BCUT2D eigenvalue weighted by Crippen LogP contribution is 2.37. The van der Waals surface area contributed by atoms with Crippen molar-refractivity contribution in [3.8, 4) is 0 Å². The van der Waals surface area contributed by atoms with Crippen LogP contribution in [0.25, 0.3) is 0 Å². The molecule has 2 N–H and O–H groups in total. The SMILES string of the molecule is O[C@H]1CC(C(F)(F)F)C[C@H](O)C1. The molecule has 0 unspecified atom stereocenters. The predicted molar refractivity (Wildman–Crippen MR) is 35.4 cm³/mol. The Morgan fingerprint density at radius 2 is 1.33 bits per heavy atom. The summed E-state index contributed by atoms with van der Waals surface area (Å²) in [5, 5.41) is 17.9. The van der Waals surface area contributed by atoms with E-state index in [1.807, 2.05) is 0 Å². The van der Waals surface area contributed by atoms with Crippen LogP contribution in [0, 0.1) is 5.92 Å². The number of alkyl halides is 3. The van der Waals surface area contributed by atoms with Crippen LogP contribution in [-0.4, -0.2) is 28.6 Å². The molecule has 2 atom stereocenters. The van der Waals surface area contributed by atoms with Crippen LogP contribution in [0.2, 0.25) is 0 Å². The minimum atomic E-state index is -4.29. The molecule has 0 radical (unpaired) electrons. The quantitative estimate of drug-likeness (QED) is 0.591. The van der Waals surface area contributed by atoms with Crippen molar-refractivity contribution in [1.82, 2.24) is 0 Å². The molecule has 1 rings (SSSR count). The normalized spacial score (nSPS) is 38.2. The van der Waals surface area contributed by atoms with Gasteiger partial charge in [0.1, 0.15) is 0 Å². The zero-order chi connectivity index (χ0) is 9.35. The van der Waals surface area contributed by atoms with Crippen molar-refractivity contribution in [2.75, 3.05) is 0 Å². The summed E-state index contributed by atoms with van der Waals surface area (Å²) in [6, 6.07) is 0. The molecule has 0 saturated heterocycles. The third-order valence-corrected chi connectivity index (χ3v) is 2.12. The highest BCUT2D eigenvalue weighted by molar-refractivity contribution is 4.81. The highest BCUT2D eigenvalue weighted by atomic mass is 19.4. The second-order valence-electron chi connectivity index (χ2n) is 3.25. The molecule has 72 valence electrons. The van der Waals surface area contributed by atoms with Gasteiger partial charge >= 0.3 is 6.18 Å². The Kier molecular flexibility index (Phi) is 2.63. The molecule has 1 saturated carbocycles. The van der Waals surface area contributed by atoms with Gasteiger partial charge in [0, 0.05) is 0 Å². The van der Waals surface area contributed by atoms with Gasteiger partial charge < -0.3 is 10.2 Å². The van der Waals surface area contributed by atoms with Crippen LogP contribution in [0.15, 0.2) is 0 Å². The second-order valence-corrected chi connectivity index (χ2v) is 3.25. The first-order valence-electron chi connectivity index (χ1n) is 3.82. The van der Waals surface area contributed by atoms with Crippen LogP contribution < -0.4 is 0 Å². The highest BCUT2D eigenvalue weighted by Gasteiger charge is 2.44. The fourth-order valence-electron chi connectivity index (χ4n) is 1.53. The van der Waals surface area contributed by atoms with Crippen molar-refractivity contribution in [2.45, 2.75) is 37.6 Å². The van der Waals surface area contributed by atoms with Crippen LogP contribution in [-0.2, 0) is 0 Å². The van der Waals surface area contributed by atoms with E-state index in [0.29, 0.717) is 0 Å². The lowest BCUT2D eigenvalue weighted by atomic mass is 9.85. The summed E-state index contributed by atoms with van der Waals surface area (Å²) in [4.78, 5) is 0. The number of aliphatic hydroxyl groups is 2. The fraction of sp³-hybridized carbons (Fsp3) is 1.00. The van der Waals surface area contributed by atoms with Gasteiger partial charge in [-0.2, -0.15) is 13.2 Å². The summed E-state index contributed by atoms with van der Waals surface area (Å²) >= 11 is 0. The lowest BCUT2D eigenvalue weighted by molar-refractivity contribution is -0.199. The zero-order valence-corrected chi connectivity index (χ0v) is 6.38. The molecule has 0 spiro atoms. The number of aliphatic hydroxyl groups excluding tert-OH is 2. The smallest absolute Gasteiger partial charge is 0.392 e. The molecule has 5 heteroatoms. The van der Waals surface area contributed by atoms with Crippen LogP contribution >= 0.6 is 0 Å². The maximum atomic E-state index is 12.1. The standard InChI is InChI=1S/C7H11F3O2/c8-7(9,10)4-1-5(11)3-6(12)2-4/h4-6,11-12H,1-3H2/t5-,6-/m0/s1. The Balaban J connectivity index is 2.55. The molecule has 2 nitrogen and oxygen atoms in total. The molecule has 1 aliphatic rings. The summed E-state index contributed by atoms with van der Waals surface area (Å²) in [7, 11) is 0. The van der Waals surface area contributed by atoms with Gasteiger partial charge in [-0.25, -0.2) is 0 Å². The Morgan fingerprint density at radius 3 is 1.67 bits per heavy atom. The molecule has 0 aromatic heterocycles. The van der Waals surface area contributed by atoms with E-state index in [4.69, 9.17) is 10.2 Å². The average molecular weight is 184 g/mol. The first-order valence-corrected chi connectivity index (χ1v) is 3.82. The fourth-order valence-corrected chi connectivity index (χ4v) is 1.53. The Hall–Kier alpha value is -0.290. The van der Waals surface area contributed by atoms with E-state index in [0.717, 1.165) is 0 Å². The lowest BCUT2D eigenvalue weighted by Crippen LogP contribution is -2.37. The van der Waals surface area contributed by atoms with Crippen molar-refractivity contribution < 1.29 is 23.4 Å². The molecular formula is C7H11F3O2. The third kappa shape index (κ3) is 2.35. The van der Waals surface area contributed by atoms with Crippen molar-refractivity contribution in [3.63, 3.8) is 0 Å². The third-order valence-electron chi connectivity index (χ3n) is 2.12. The van der Waals surface area contributed by atoms with Crippen molar-refractivity contribution in [3.05, 3.63) is 0 Å². The number of halogens is 3. The monoisotopic (exact) mass is 184 g/mol. The minimum Gasteiger partial charge on any atom is -0.393 e. The molecular weight excluding hydrogens is 173 g/mol. The maximum Gasteiger partial charge on any atom is 0.392 e. The Bertz CT molecular complexity index is 147. The van der Waals surface area contributed by atoms with Gasteiger partial charge in [-0.05, 0) is 19.3 Å². The topological polar surface area (TPSA) is 40.5 Å². The first kappa shape index (κ1) is 9.80. The van der Waals surface area contributed by atoms with E-state index in [2.05, 4.69) is 0 Å². The zero-order valence-electron chi connectivity index (χ0n) is 6.38. The largest absolute Gasteiger partial charge is 0.393 e. The van der Waals surface area contributed by atoms with Gasteiger partial charge in [0.2, 0.25) is 0 Å². The van der Waals surface area contributed by atoms with E-state index >= 15 is 0 Å². The molecule has 0 aromatic carbocycles. The van der Waals surface area contributed by atoms with E-state index in [1.165, 1.54) is 0 Å². The minimum absolute atomic E-state index is 0.0621. The Labute approximate surface area is 68.0 Å². The summed E-state index contributed by atoms with van der Waals surface area (Å²) in [6.45, 7) is 0. The molecule has 1 aliphatic carbocycles. The molecule has 1 fully saturated rings. The molecule has 12 heavy (non-hydrogen) atoms. The molecule has 0 amide bonds. The van der Waals surface area contributed by atoms with Gasteiger partial charge in [-0.15, -0.1) is 0 Å². The first-order chi connectivity index (χ1) is 5.39. The maximum absolute atomic E-state index is 12.1. The number of rotatable bonds is 0. The van der Waals surface area contributed by atoms with E-state index in [1.54, 1.807) is 0 Å². The van der Waals surface area contributed by atoms with Gasteiger partial charge in [0.25, 0.3) is 0 Å². The van der Waals surface area contributed by atoms with Crippen LogP contribution in [0.1, 0.15) is 19.3 Å². The molecule has 0 heterocycles. The van der Waals surface area contributed by atoms with Crippen molar-refractivity contribution in [1.29, 1.82) is 0 Å². The summed E-state index contributed by atoms with van der Waals surface area (Å²) < 4.78 is 36.2. The molecule has 0 bridgehead atoms. The van der Waals surface area contributed by atoms with E-state index < -0.39 is 24.3 Å². The summed E-state index contributed by atoms with van der Waals surface area (Å²) in [5.74, 6) is -1.55. The van der Waals surface area contributed by atoms with Gasteiger partial charge in [-0.1, -0.05) is 0 Å². The van der Waals surface area contributed by atoms with E-state index in [-0.39, 0.29) is 19.3 Å². The lowest BCUT2D eigenvalue weighted by Gasteiger charge is -2.30. The van der Waals surface area contributed by atoms with Gasteiger partial charge in [0.05, 0.1) is 18.1 Å². The van der Waals surface area contributed by atoms with Gasteiger partial charge in [-0.3, -0.25) is 0 Å². The summed E-state index contributed by atoms with van der Waals surface area (Å²) in [6.07, 6.45) is -6.81. The Morgan fingerprint density at radius 1 is 0.917 bits per heavy atom. The van der Waals surface area contributed by atoms with Gasteiger partial charge in [0.15, 0.2) is 0 Å². The van der Waals surface area contributed by atoms with Crippen LogP contribution in [0.4, 0.5) is 13.2 Å². The second kappa shape index (κ2) is 3.22. The van der Waals surface area contributed by atoms with E-state index in [9.17, 15) is 13.2 Å². The van der Waals surface area contributed by atoms with Crippen molar-refractivity contribution in [2.24, 2.45) is 5.92 Å². The molecule has 0 aliphatic heterocycles. The summed E-state index contributed by atoms with van der Waals surface area (Å²) in [5.41, 5.74) is 0. The average Bonchev–Trinajstić information content (AvgIpc) is 1.82. The predicted octanol–water partition coefficient (Wildman–Crippen LogP) is 1.07. The number of hydrogen-bond donors (Lipinski definition) is 2. The molecule has 0 aromatic rings. The van der Waals surface area contributed by atoms with Crippen molar-refractivity contribution >= 4 is 0 Å². The number of hydrogen-bond acceptors (Lipinski definition) is 2.